The molecule has 2 rings (SSSR count). The summed E-state index contributed by atoms with van der Waals surface area (Å²) < 4.78 is 0. The molecule has 0 aliphatic carbocycles. The number of hydrogen-bond donors (Lipinski definition) is 1. The first kappa shape index (κ1) is 18.3. The van der Waals surface area contributed by atoms with E-state index in [9.17, 15) is 0 Å². The summed E-state index contributed by atoms with van der Waals surface area (Å²) in [6.45, 7) is 5.53. The molecule has 2 heterocycles. The first-order valence-electron chi connectivity index (χ1n) is 6.32. The summed E-state index contributed by atoms with van der Waals surface area (Å²) in [6.07, 6.45) is 1.90. The van der Waals surface area contributed by atoms with Crippen LogP contribution in [0, 0.1) is 13.8 Å². The van der Waals surface area contributed by atoms with E-state index in [0.29, 0.717) is 6.54 Å². The van der Waals surface area contributed by atoms with Gasteiger partial charge in [-0.2, -0.15) is 0 Å². The summed E-state index contributed by atoms with van der Waals surface area (Å²) in [6, 6.07) is 0. The van der Waals surface area contributed by atoms with Gasteiger partial charge in [-0.05, 0) is 13.8 Å². The molecule has 1 N–H and O–H groups in total. The lowest BCUT2D eigenvalue weighted by Gasteiger charge is -2.20. The Bertz CT molecular complexity index is 593. The van der Waals surface area contributed by atoms with E-state index < -0.39 is 0 Å². The lowest BCUT2D eigenvalue weighted by molar-refractivity contribution is 0.470. The summed E-state index contributed by atoms with van der Waals surface area (Å²) in [5.41, 5.74) is 1.07. The standard InChI is InChI=1S/C13H19N5S2.HI/c1-9-5-15-12(20-9)6-16-13(14-3)18(4)7-11-8-19-10(2)17-11;/h5,8H,6-7H2,1-4H3,(H,14,16);1H. The molecule has 0 bridgehead atoms. The molecule has 2 aromatic heterocycles. The SMILES string of the molecule is CN=C(NCc1ncc(C)s1)N(C)Cc1csc(C)n1.I. The van der Waals surface area contributed by atoms with Gasteiger partial charge in [0.15, 0.2) is 5.96 Å². The number of hydrogen-bond acceptors (Lipinski definition) is 5. The highest BCUT2D eigenvalue weighted by molar-refractivity contribution is 14.0. The van der Waals surface area contributed by atoms with Crippen molar-refractivity contribution in [2.45, 2.75) is 26.9 Å². The Morgan fingerprint density at radius 2 is 2.19 bits per heavy atom. The molecule has 0 spiro atoms. The Kier molecular flexibility index (Phi) is 7.53. The molecule has 0 aromatic carbocycles. The highest BCUT2D eigenvalue weighted by Gasteiger charge is 2.09. The first-order chi connectivity index (χ1) is 9.58. The lowest BCUT2D eigenvalue weighted by atomic mass is 10.4. The maximum absolute atomic E-state index is 4.47. The average Bonchev–Trinajstić information content (AvgIpc) is 2.99. The number of guanidine groups is 1. The third-order valence-electron chi connectivity index (χ3n) is 2.71. The molecule has 0 unspecified atom stereocenters. The van der Waals surface area contributed by atoms with Crippen molar-refractivity contribution in [1.29, 1.82) is 0 Å². The van der Waals surface area contributed by atoms with Crippen LogP contribution in [0.25, 0.3) is 0 Å². The van der Waals surface area contributed by atoms with E-state index in [1.165, 1.54) is 4.88 Å². The predicted octanol–water partition coefficient (Wildman–Crippen LogP) is 3.04. The number of nitrogens with zero attached hydrogens (tertiary/aromatic N) is 4. The van der Waals surface area contributed by atoms with Crippen molar-refractivity contribution in [1.82, 2.24) is 20.2 Å². The molecule has 21 heavy (non-hydrogen) atoms. The highest BCUT2D eigenvalue weighted by Crippen LogP contribution is 2.12. The Labute approximate surface area is 150 Å². The molecular formula is C13H20IN5S2. The Hall–Kier alpha value is -0.740. The molecule has 5 nitrogen and oxygen atoms in total. The minimum atomic E-state index is 0. The summed E-state index contributed by atoms with van der Waals surface area (Å²) in [7, 11) is 3.80. The van der Waals surface area contributed by atoms with Gasteiger partial charge in [0.2, 0.25) is 0 Å². The Morgan fingerprint density at radius 1 is 1.43 bits per heavy atom. The monoisotopic (exact) mass is 437 g/mol. The van der Waals surface area contributed by atoms with Crippen LogP contribution in [0.5, 0.6) is 0 Å². The van der Waals surface area contributed by atoms with Gasteiger partial charge in [0.1, 0.15) is 5.01 Å². The largest absolute Gasteiger partial charge is 0.350 e. The molecule has 0 saturated carbocycles. The smallest absolute Gasteiger partial charge is 0.194 e. The number of aromatic nitrogens is 2. The molecule has 8 heteroatoms. The Morgan fingerprint density at radius 3 is 2.71 bits per heavy atom. The number of thiazole rings is 2. The van der Waals surface area contributed by atoms with E-state index in [1.807, 2.05) is 20.2 Å². The second-order valence-corrected chi connectivity index (χ2v) is 6.86. The minimum absolute atomic E-state index is 0. The van der Waals surface area contributed by atoms with Crippen molar-refractivity contribution in [3.63, 3.8) is 0 Å². The third kappa shape index (κ3) is 5.51. The van der Waals surface area contributed by atoms with Crippen LogP contribution in [0.3, 0.4) is 0 Å². The van der Waals surface area contributed by atoms with Crippen LogP contribution in [-0.2, 0) is 13.1 Å². The van der Waals surface area contributed by atoms with Crippen molar-refractivity contribution in [2.75, 3.05) is 14.1 Å². The van der Waals surface area contributed by atoms with Crippen molar-refractivity contribution >= 4 is 52.6 Å². The summed E-state index contributed by atoms with van der Waals surface area (Å²) in [5, 5.41) is 7.58. The zero-order valence-electron chi connectivity index (χ0n) is 12.6. The molecule has 116 valence electrons. The van der Waals surface area contributed by atoms with Crippen LogP contribution in [-0.4, -0.2) is 34.9 Å². The number of aryl methyl sites for hydroxylation is 2. The molecule has 0 saturated heterocycles. The molecule has 0 aliphatic heterocycles. The van der Waals surface area contributed by atoms with Crippen LogP contribution in [0.15, 0.2) is 16.6 Å². The number of halogens is 1. The van der Waals surface area contributed by atoms with E-state index in [1.54, 1.807) is 29.7 Å². The van der Waals surface area contributed by atoms with Gasteiger partial charge in [-0.25, -0.2) is 9.97 Å². The molecule has 0 fully saturated rings. The topological polar surface area (TPSA) is 53.4 Å². The van der Waals surface area contributed by atoms with Gasteiger partial charge in [0.25, 0.3) is 0 Å². The molecule has 0 radical (unpaired) electrons. The average molecular weight is 437 g/mol. The maximum atomic E-state index is 4.47. The van der Waals surface area contributed by atoms with Crippen molar-refractivity contribution in [2.24, 2.45) is 4.99 Å². The third-order valence-corrected chi connectivity index (χ3v) is 4.44. The van der Waals surface area contributed by atoms with Crippen LogP contribution in [0.2, 0.25) is 0 Å². The van der Waals surface area contributed by atoms with Crippen LogP contribution >= 0.6 is 46.7 Å². The van der Waals surface area contributed by atoms with Gasteiger partial charge in [0, 0.05) is 30.5 Å². The van der Waals surface area contributed by atoms with Crippen molar-refractivity contribution in [3.8, 4) is 0 Å². The van der Waals surface area contributed by atoms with Gasteiger partial charge in [-0.3, -0.25) is 4.99 Å². The van der Waals surface area contributed by atoms with Gasteiger partial charge >= 0.3 is 0 Å². The van der Waals surface area contributed by atoms with Gasteiger partial charge in [0.05, 0.1) is 23.8 Å². The van der Waals surface area contributed by atoms with Crippen molar-refractivity contribution in [3.05, 3.63) is 32.2 Å². The highest BCUT2D eigenvalue weighted by atomic mass is 127. The molecule has 0 atom stereocenters. The first-order valence-corrected chi connectivity index (χ1v) is 8.02. The lowest BCUT2D eigenvalue weighted by Crippen LogP contribution is -2.38. The van der Waals surface area contributed by atoms with Crippen LogP contribution < -0.4 is 5.32 Å². The maximum Gasteiger partial charge on any atom is 0.194 e. The number of nitrogens with one attached hydrogen (secondary N) is 1. The molecule has 0 aliphatic rings. The second kappa shape index (κ2) is 8.64. The molecule has 2 aromatic rings. The summed E-state index contributed by atoms with van der Waals surface area (Å²) >= 11 is 3.37. The molecular weight excluding hydrogens is 417 g/mol. The van der Waals surface area contributed by atoms with Crippen LogP contribution in [0.4, 0.5) is 0 Å². The van der Waals surface area contributed by atoms with Crippen molar-refractivity contribution < 1.29 is 0 Å². The summed E-state index contributed by atoms with van der Waals surface area (Å²) in [5.74, 6) is 0.850. The fraction of sp³-hybridized carbons (Fsp3) is 0.462. The van der Waals surface area contributed by atoms with E-state index in [0.717, 1.165) is 28.2 Å². The fourth-order valence-corrected chi connectivity index (χ4v) is 3.15. The van der Waals surface area contributed by atoms with Gasteiger partial charge in [-0.1, -0.05) is 0 Å². The van der Waals surface area contributed by atoms with Gasteiger partial charge in [-0.15, -0.1) is 46.7 Å². The second-order valence-electron chi connectivity index (χ2n) is 4.48. The van der Waals surface area contributed by atoms with Gasteiger partial charge < -0.3 is 10.2 Å². The van der Waals surface area contributed by atoms with E-state index in [-0.39, 0.29) is 24.0 Å². The number of rotatable bonds is 4. The summed E-state index contributed by atoms with van der Waals surface area (Å²) in [4.78, 5) is 16.4. The minimum Gasteiger partial charge on any atom is -0.350 e. The zero-order valence-corrected chi connectivity index (χ0v) is 16.5. The zero-order chi connectivity index (χ0) is 14.5. The fourth-order valence-electron chi connectivity index (χ4n) is 1.82. The van der Waals surface area contributed by atoms with E-state index in [4.69, 9.17) is 0 Å². The van der Waals surface area contributed by atoms with E-state index >= 15 is 0 Å². The molecule has 0 amide bonds. The predicted molar refractivity (Wildman–Crippen MR) is 101 cm³/mol. The van der Waals surface area contributed by atoms with E-state index in [2.05, 4.69) is 37.5 Å². The quantitative estimate of drug-likeness (QED) is 0.454. The van der Waals surface area contributed by atoms with Crippen LogP contribution in [0.1, 0.15) is 20.6 Å². The normalized spacial score (nSPS) is 11.1. The Balaban J connectivity index is 0.00000220. The number of aliphatic imine (C=N–C) groups is 1.